The summed E-state index contributed by atoms with van der Waals surface area (Å²) in [6.45, 7) is 4.79. The Bertz CT molecular complexity index is 689. The maximum atomic E-state index is 12.2. The average Bonchev–Trinajstić information content (AvgIpc) is 2.82. The molecule has 0 aliphatic carbocycles. The third kappa shape index (κ3) is 2.99. The quantitative estimate of drug-likeness (QED) is 0.938. The second kappa shape index (κ2) is 6.08. The molecule has 0 spiro atoms. The highest BCUT2D eigenvalue weighted by Gasteiger charge is 2.19. The highest BCUT2D eigenvalue weighted by atomic mass is 16.1. The average molecular weight is 300 g/mol. The Labute approximate surface area is 131 Å². The highest BCUT2D eigenvalue weighted by Crippen LogP contribution is 2.25. The first kappa shape index (κ1) is 15.0. The van der Waals surface area contributed by atoms with Gasteiger partial charge in [0.2, 0.25) is 0 Å². The molecule has 1 atom stereocenters. The molecule has 1 aromatic heterocycles. The third-order valence-corrected chi connectivity index (χ3v) is 4.31. The predicted octanol–water partition coefficient (Wildman–Crippen LogP) is 1.91. The zero-order chi connectivity index (χ0) is 15.7. The van der Waals surface area contributed by atoms with Crippen molar-refractivity contribution >= 4 is 16.9 Å². The second-order valence-corrected chi connectivity index (χ2v) is 6.54. The van der Waals surface area contributed by atoms with E-state index in [2.05, 4.69) is 16.8 Å². The molecule has 2 heterocycles. The van der Waals surface area contributed by atoms with Gasteiger partial charge in [-0.25, -0.2) is 4.98 Å². The molecule has 0 unspecified atom stereocenters. The number of carbonyl (C=O) groups excluding carboxylic acids is 1. The van der Waals surface area contributed by atoms with Gasteiger partial charge < -0.3 is 14.8 Å². The van der Waals surface area contributed by atoms with Gasteiger partial charge in [-0.3, -0.25) is 4.79 Å². The molecular formula is C17H24N4O. The molecule has 0 saturated carbocycles. The first-order valence-corrected chi connectivity index (χ1v) is 7.96. The van der Waals surface area contributed by atoms with Gasteiger partial charge in [0.15, 0.2) is 0 Å². The molecule has 1 aliphatic rings. The number of imidazole rings is 1. The minimum Gasteiger partial charge on any atom is -0.351 e. The van der Waals surface area contributed by atoms with Crippen molar-refractivity contribution in [3.63, 3.8) is 0 Å². The molecule has 1 N–H and O–H groups in total. The molecule has 118 valence electrons. The number of amides is 1. The maximum Gasteiger partial charge on any atom is 0.251 e. The molecule has 1 aromatic carbocycles. The summed E-state index contributed by atoms with van der Waals surface area (Å²) in [5.74, 6) is 1.82. The summed E-state index contributed by atoms with van der Waals surface area (Å²) in [5.41, 5.74) is 2.77. The Hall–Kier alpha value is -1.88. The van der Waals surface area contributed by atoms with E-state index in [1.54, 1.807) is 0 Å². The number of benzene rings is 1. The summed E-state index contributed by atoms with van der Waals surface area (Å²) in [6.07, 6.45) is 2.23. The SMILES string of the molecule is C[C@H]1CCn2c(nc3cc(C(=O)NCCN(C)C)ccc32)C1. The van der Waals surface area contributed by atoms with Crippen molar-refractivity contribution in [2.45, 2.75) is 26.3 Å². The zero-order valence-corrected chi connectivity index (χ0v) is 13.6. The normalized spacial score (nSPS) is 17.7. The third-order valence-electron chi connectivity index (χ3n) is 4.31. The van der Waals surface area contributed by atoms with Gasteiger partial charge in [0.05, 0.1) is 11.0 Å². The fourth-order valence-corrected chi connectivity index (χ4v) is 2.98. The smallest absolute Gasteiger partial charge is 0.251 e. The van der Waals surface area contributed by atoms with Crippen LogP contribution in [0.25, 0.3) is 11.0 Å². The Morgan fingerprint density at radius 1 is 1.45 bits per heavy atom. The minimum absolute atomic E-state index is 0.0249. The number of carbonyl (C=O) groups is 1. The van der Waals surface area contributed by atoms with E-state index >= 15 is 0 Å². The number of rotatable bonds is 4. The first-order valence-electron chi connectivity index (χ1n) is 7.96. The number of fused-ring (bicyclic) bond motifs is 3. The summed E-state index contributed by atoms with van der Waals surface area (Å²) in [5, 5.41) is 2.95. The molecule has 0 fully saturated rings. The lowest BCUT2D eigenvalue weighted by molar-refractivity contribution is 0.0951. The van der Waals surface area contributed by atoms with E-state index < -0.39 is 0 Å². The van der Waals surface area contributed by atoms with Crippen LogP contribution in [0, 0.1) is 5.92 Å². The number of nitrogens with zero attached hydrogens (tertiary/aromatic N) is 3. The number of hydrogen-bond donors (Lipinski definition) is 1. The Balaban J connectivity index is 1.80. The van der Waals surface area contributed by atoms with E-state index in [0.29, 0.717) is 18.0 Å². The molecule has 2 aromatic rings. The maximum absolute atomic E-state index is 12.2. The Morgan fingerprint density at radius 3 is 3.05 bits per heavy atom. The summed E-state index contributed by atoms with van der Waals surface area (Å²) >= 11 is 0. The van der Waals surface area contributed by atoms with Gasteiger partial charge in [0.25, 0.3) is 5.91 Å². The van der Waals surface area contributed by atoms with E-state index in [1.807, 2.05) is 37.2 Å². The van der Waals surface area contributed by atoms with Crippen molar-refractivity contribution in [3.8, 4) is 0 Å². The molecule has 3 rings (SSSR count). The molecule has 22 heavy (non-hydrogen) atoms. The lowest BCUT2D eigenvalue weighted by Gasteiger charge is -2.20. The van der Waals surface area contributed by atoms with Crippen LogP contribution >= 0.6 is 0 Å². The van der Waals surface area contributed by atoms with E-state index in [0.717, 1.165) is 36.4 Å². The van der Waals surface area contributed by atoms with Gasteiger partial charge in [0.1, 0.15) is 5.82 Å². The molecular weight excluding hydrogens is 276 g/mol. The lowest BCUT2D eigenvalue weighted by atomic mass is 10.0. The number of nitrogens with one attached hydrogen (secondary N) is 1. The molecule has 5 heteroatoms. The minimum atomic E-state index is -0.0249. The first-order chi connectivity index (χ1) is 10.5. The number of likely N-dealkylation sites (N-methyl/N-ethyl adjacent to an activating group) is 1. The van der Waals surface area contributed by atoms with Crippen molar-refractivity contribution in [2.75, 3.05) is 27.2 Å². The van der Waals surface area contributed by atoms with Gasteiger partial charge in [-0.2, -0.15) is 0 Å². The van der Waals surface area contributed by atoms with E-state index in [9.17, 15) is 4.79 Å². The summed E-state index contributed by atoms with van der Waals surface area (Å²) in [7, 11) is 3.99. The number of aryl methyl sites for hydroxylation is 1. The lowest BCUT2D eigenvalue weighted by Crippen LogP contribution is -2.31. The van der Waals surface area contributed by atoms with Crippen molar-refractivity contribution in [3.05, 3.63) is 29.6 Å². The molecule has 0 bridgehead atoms. The molecule has 0 saturated heterocycles. The van der Waals surface area contributed by atoms with Gasteiger partial charge in [-0.1, -0.05) is 6.92 Å². The molecule has 0 radical (unpaired) electrons. The van der Waals surface area contributed by atoms with Crippen molar-refractivity contribution in [2.24, 2.45) is 5.92 Å². The van der Waals surface area contributed by atoms with Crippen LogP contribution in [0.1, 0.15) is 29.5 Å². The fourth-order valence-electron chi connectivity index (χ4n) is 2.98. The Kier molecular flexibility index (Phi) is 4.16. The van der Waals surface area contributed by atoms with Crippen molar-refractivity contribution in [1.29, 1.82) is 0 Å². The highest BCUT2D eigenvalue weighted by molar-refractivity contribution is 5.97. The van der Waals surface area contributed by atoms with Gasteiger partial charge in [0, 0.05) is 31.6 Å². The molecule has 1 amide bonds. The number of hydrogen-bond acceptors (Lipinski definition) is 3. The van der Waals surface area contributed by atoms with Gasteiger partial charge in [-0.15, -0.1) is 0 Å². The zero-order valence-electron chi connectivity index (χ0n) is 13.6. The van der Waals surface area contributed by atoms with Crippen LogP contribution in [0.2, 0.25) is 0 Å². The van der Waals surface area contributed by atoms with Gasteiger partial charge >= 0.3 is 0 Å². The van der Waals surface area contributed by atoms with Crippen LogP contribution in [0.15, 0.2) is 18.2 Å². The monoisotopic (exact) mass is 300 g/mol. The predicted molar refractivity (Wildman–Crippen MR) is 88.1 cm³/mol. The number of aromatic nitrogens is 2. The van der Waals surface area contributed by atoms with Gasteiger partial charge in [-0.05, 0) is 44.6 Å². The van der Waals surface area contributed by atoms with Crippen LogP contribution in [-0.2, 0) is 13.0 Å². The second-order valence-electron chi connectivity index (χ2n) is 6.54. The van der Waals surface area contributed by atoms with Crippen LogP contribution in [0.4, 0.5) is 0 Å². The van der Waals surface area contributed by atoms with Crippen molar-refractivity contribution < 1.29 is 4.79 Å². The van der Waals surface area contributed by atoms with Crippen LogP contribution < -0.4 is 5.32 Å². The fraction of sp³-hybridized carbons (Fsp3) is 0.529. The summed E-state index contributed by atoms with van der Waals surface area (Å²) in [4.78, 5) is 19.0. The van der Waals surface area contributed by atoms with Crippen LogP contribution in [0.5, 0.6) is 0 Å². The Morgan fingerprint density at radius 2 is 2.27 bits per heavy atom. The molecule has 1 aliphatic heterocycles. The van der Waals surface area contributed by atoms with Crippen LogP contribution in [0.3, 0.4) is 0 Å². The topological polar surface area (TPSA) is 50.2 Å². The molecule has 5 nitrogen and oxygen atoms in total. The van der Waals surface area contributed by atoms with E-state index in [4.69, 9.17) is 4.98 Å². The largest absolute Gasteiger partial charge is 0.351 e. The standard InChI is InChI=1S/C17H24N4O/c1-12-6-8-21-15-5-4-13(11-14(15)19-16(21)10-12)17(22)18-7-9-20(2)3/h4-5,11-12H,6-10H2,1-3H3,(H,18,22)/t12-/m0/s1. The van der Waals surface area contributed by atoms with Crippen LogP contribution in [-0.4, -0.2) is 47.5 Å². The van der Waals surface area contributed by atoms with E-state index in [-0.39, 0.29) is 5.91 Å². The summed E-state index contributed by atoms with van der Waals surface area (Å²) in [6, 6.07) is 5.85. The summed E-state index contributed by atoms with van der Waals surface area (Å²) < 4.78 is 2.29. The van der Waals surface area contributed by atoms with E-state index in [1.165, 1.54) is 6.42 Å². The van der Waals surface area contributed by atoms with Crippen molar-refractivity contribution in [1.82, 2.24) is 19.8 Å².